The van der Waals surface area contributed by atoms with Crippen molar-refractivity contribution in [1.82, 2.24) is 0 Å². The largest absolute Gasteiger partial charge is 0.299 e. The van der Waals surface area contributed by atoms with Crippen molar-refractivity contribution in [2.45, 2.75) is 144 Å². The summed E-state index contributed by atoms with van der Waals surface area (Å²) in [7, 11) is 0. The molecular formula is C26H52O. The predicted octanol–water partition coefficient (Wildman–Crippen LogP) is 9.14. The van der Waals surface area contributed by atoms with Gasteiger partial charge >= 0.3 is 0 Å². The Morgan fingerprint density at radius 2 is 0.926 bits per heavy atom. The molecule has 0 aliphatic heterocycles. The van der Waals surface area contributed by atoms with Gasteiger partial charge in [-0.3, -0.25) is 4.79 Å². The highest BCUT2D eigenvalue weighted by atomic mass is 16.1. The fourth-order valence-corrected chi connectivity index (χ4v) is 3.88. The van der Waals surface area contributed by atoms with Gasteiger partial charge in [0.1, 0.15) is 5.78 Å². The molecule has 1 nitrogen and oxygen atoms in total. The average molecular weight is 381 g/mol. The summed E-state index contributed by atoms with van der Waals surface area (Å²) < 4.78 is 0. The third kappa shape index (κ3) is 18.8. The van der Waals surface area contributed by atoms with Crippen LogP contribution in [0.2, 0.25) is 0 Å². The van der Waals surface area contributed by atoms with Gasteiger partial charge in [0.25, 0.3) is 0 Å². The van der Waals surface area contributed by atoms with Crippen molar-refractivity contribution in [1.29, 1.82) is 0 Å². The molecular weight excluding hydrogens is 328 g/mol. The number of hydrogen-bond acceptors (Lipinski definition) is 1. The normalized spacial score (nSPS) is 11.9. The summed E-state index contributed by atoms with van der Waals surface area (Å²) in [6, 6.07) is 0. The van der Waals surface area contributed by atoms with E-state index >= 15 is 0 Å². The Balaban J connectivity index is 3.69. The Bertz CT molecular complexity index is 306. The monoisotopic (exact) mass is 380 g/mol. The molecule has 0 atom stereocenters. The van der Waals surface area contributed by atoms with Crippen LogP contribution in [0.25, 0.3) is 0 Å². The average Bonchev–Trinajstić information content (AvgIpc) is 2.62. The molecule has 0 aliphatic carbocycles. The van der Waals surface area contributed by atoms with Crippen molar-refractivity contribution in [2.24, 2.45) is 17.8 Å². The van der Waals surface area contributed by atoms with E-state index < -0.39 is 0 Å². The lowest BCUT2D eigenvalue weighted by atomic mass is 9.86. The first-order valence-corrected chi connectivity index (χ1v) is 12.5. The Kier molecular flexibility index (Phi) is 18.8. The van der Waals surface area contributed by atoms with Crippen LogP contribution < -0.4 is 0 Å². The molecule has 1 heteroatoms. The SMILES string of the molecule is CCCCCCCCCCCCCCC(=O)C(CCC(C)C)CCC(C)C. The van der Waals surface area contributed by atoms with Crippen LogP contribution in [0, 0.1) is 17.8 Å². The van der Waals surface area contributed by atoms with Crippen molar-refractivity contribution in [3.8, 4) is 0 Å². The van der Waals surface area contributed by atoms with Gasteiger partial charge in [0, 0.05) is 12.3 Å². The molecule has 0 aromatic carbocycles. The van der Waals surface area contributed by atoms with Gasteiger partial charge in [-0.05, 0) is 31.1 Å². The molecule has 0 bridgehead atoms. The highest BCUT2D eigenvalue weighted by Crippen LogP contribution is 2.23. The van der Waals surface area contributed by atoms with Gasteiger partial charge in [-0.25, -0.2) is 0 Å². The number of rotatable bonds is 20. The van der Waals surface area contributed by atoms with E-state index in [0.717, 1.165) is 25.7 Å². The molecule has 0 saturated carbocycles. The highest BCUT2D eigenvalue weighted by Gasteiger charge is 2.18. The molecule has 0 fully saturated rings. The third-order valence-electron chi connectivity index (χ3n) is 5.92. The zero-order valence-electron chi connectivity index (χ0n) is 19.7. The first kappa shape index (κ1) is 26.7. The zero-order valence-corrected chi connectivity index (χ0v) is 19.7. The standard InChI is InChI=1S/C26H52O/c1-6-7-8-9-10-11-12-13-14-15-16-17-18-26(27)25(21-19-23(2)3)22-20-24(4)5/h23-25H,6-22H2,1-5H3. The maximum Gasteiger partial charge on any atom is 0.135 e. The number of Topliss-reactive ketones (excluding diaryl/α,β-unsaturated/α-hetero) is 1. The van der Waals surface area contributed by atoms with E-state index in [0.29, 0.717) is 23.5 Å². The van der Waals surface area contributed by atoms with Crippen LogP contribution in [0.1, 0.15) is 144 Å². The van der Waals surface area contributed by atoms with E-state index in [9.17, 15) is 4.79 Å². The van der Waals surface area contributed by atoms with Crippen LogP contribution in [0.3, 0.4) is 0 Å². The molecule has 0 amide bonds. The molecule has 0 aromatic heterocycles. The number of hydrogen-bond donors (Lipinski definition) is 0. The van der Waals surface area contributed by atoms with Gasteiger partial charge in [0.05, 0.1) is 0 Å². The van der Waals surface area contributed by atoms with Gasteiger partial charge in [0.2, 0.25) is 0 Å². The Hall–Kier alpha value is -0.330. The summed E-state index contributed by atoms with van der Waals surface area (Å²) in [5, 5.41) is 0. The summed E-state index contributed by atoms with van der Waals surface area (Å²) >= 11 is 0. The van der Waals surface area contributed by atoms with E-state index in [1.807, 2.05) is 0 Å². The van der Waals surface area contributed by atoms with Crippen LogP contribution >= 0.6 is 0 Å². The van der Waals surface area contributed by atoms with E-state index in [4.69, 9.17) is 0 Å². The van der Waals surface area contributed by atoms with Gasteiger partial charge < -0.3 is 0 Å². The second-order valence-electron chi connectivity index (χ2n) is 9.74. The first-order chi connectivity index (χ1) is 13.0. The minimum Gasteiger partial charge on any atom is -0.299 e. The lowest BCUT2D eigenvalue weighted by Crippen LogP contribution is -2.16. The number of carbonyl (C=O) groups is 1. The van der Waals surface area contributed by atoms with Crippen LogP contribution in [-0.4, -0.2) is 5.78 Å². The number of unbranched alkanes of at least 4 members (excludes halogenated alkanes) is 11. The predicted molar refractivity (Wildman–Crippen MR) is 122 cm³/mol. The lowest BCUT2D eigenvalue weighted by molar-refractivity contribution is -0.123. The number of carbonyl (C=O) groups excluding carboxylic acids is 1. The quantitative estimate of drug-likeness (QED) is 0.192. The van der Waals surface area contributed by atoms with Gasteiger partial charge in [-0.15, -0.1) is 0 Å². The molecule has 0 rings (SSSR count). The first-order valence-electron chi connectivity index (χ1n) is 12.5. The Morgan fingerprint density at radius 1 is 0.556 bits per heavy atom. The summed E-state index contributed by atoms with van der Waals surface area (Å²) in [5.41, 5.74) is 0. The molecule has 0 saturated heterocycles. The summed E-state index contributed by atoms with van der Waals surface area (Å²) in [6.07, 6.45) is 21.8. The zero-order chi connectivity index (χ0) is 20.3. The van der Waals surface area contributed by atoms with Crippen LogP contribution in [0.5, 0.6) is 0 Å². The minimum absolute atomic E-state index is 0.336. The molecule has 0 unspecified atom stereocenters. The fourth-order valence-electron chi connectivity index (χ4n) is 3.88. The van der Waals surface area contributed by atoms with Crippen molar-refractivity contribution in [3.63, 3.8) is 0 Å². The van der Waals surface area contributed by atoms with E-state index in [1.165, 1.54) is 83.5 Å². The Labute approximate surface area is 172 Å². The Morgan fingerprint density at radius 3 is 1.30 bits per heavy atom. The summed E-state index contributed by atoms with van der Waals surface area (Å²) in [5.74, 6) is 2.32. The lowest BCUT2D eigenvalue weighted by Gasteiger charge is -2.18. The minimum atomic E-state index is 0.336. The molecule has 0 aliphatic rings. The topological polar surface area (TPSA) is 17.1 Å². The molecule has 0 aromatic rings. The molecule has 0 spiro atoms. The second kappa shape index (κ2) is 19.0. The van der Waals surface area contributed by atoms with Gasteiger partial charge in [0.15, 0.2) is 0 Å². The van der Waals surface area contributed by atoms with E-state index in [2.05, 4.69) is 34.6 Å². The molecule has 0 radical (unpaired) electrons. The maximum absolute atomic E-state index is 12.7. The summed E-state index contributed by atoms with van der Waals surface area (Å²) in [6.45, 7) is 11.4. The van der Waals surface area contributed by atoms with Crippen LogP contribution in [0.15, 0.2) is 0 Å². The molecule has 0 heterocycles. The number of ketones is 1. The molecule has 0 N–H and O–H groups in total. The smallest absolute Gasteiger partial charge is 0.135 e. The fraction of sp³-hybridized carbons (Fsp3) is 0.962. The van der Waals surface area contributed by atoms with Gasteiger partial charge in [-0.2, -0.15) is 0 Å². The maximum atomic E-state index is 12.7. The summed E-state index contributed by atoms with van der Waals surface area (Å²) in [4.78, 5) is 12.7. The van der Waals surface area contributed by atoms with Crippen LogP contribution in [-0.2, 0) is 4.79 Å². The van der Waals surface area contributed by atoms with E-state index in [1.54, 1.807) is 0 Å². The molecule has 162 valence electrons. The highest BCUT2D eigenvalue weighted by molar-refractivity contribution is 5.80. The van der Waals surface area contributed by atoms with Crippen molar-refractivity contribution in [3.05, 3.63) is 0 Å². The van der Waals surface area contributed by atoms with Crippen LogP contribution in [0.4, 0.5) is 0 Å². The van der Waals surface area contributed by atoms with Gasteiger partial charge in [-0.1, -0.05) is 118 Å². The second-order valence-corrected chi connectivity index (χ2v) is 9.74. The van der Waals surface area contributed by atoms with Crippen molar-refractivity contribution in [2.75, 3.05) is 0 Å². The van der Waals surface area contributed by atoms with Crippen molar-refractivity contribution >= 4 is 5.78 Å². The molecule has 27 heavy (non-hydrogen) atoms. The third-order valence-corrected chi connectivity index (χ3v) is 5.92. The van der Waals surface area contributed by atoms with Crippen molar-refractivity contribution < 1.29 is 4.79 Å². The van der Waals surface area contributed by atoms with E-state index in [-0.39, 0.29) is 0 Å².